The Balaban J connectivity index is 1.60. The van der Waals surface area contributed by atoms with Crippen LogP contribution in [-0.2, 0) is 11.2 Å². The van der Waals surface area contributed by atoms with Gasteiger partial charge in [0.2, 0.25) is 11.8 Å². The van der Waals surface area contributed by atoms with Gasteiger partial charge in [0, 0.05) is 12.6 Å². The molecule has 1 heterocycles. The molecule has 0 spiro atoms. The van der Waals surface area contributed by atoms with Gasteiger partial charge >= 0.3 is 6.61 Å². The van der Waals surface area contributed by atoms with Crippen LogP contribution in [0.4, 0.5) is 14.5 Å². The van der Waals surface area contributed by atoms with Gasteiger partial charge in [-0.25, -0.2) is 4.98 Å². The lowest BCUT2D eigenvalue weighted by Crippen LogP contribution is -2.13. The summed E-state index contributed by atoms with van der Waals surface area (Å²) in [6.07, 6.45) is 2.01. The van der Waals surface area contributed by atoms with Crippen LogP contribution in [0.15, 0.2) is 60.8 Å². The zero-order chi connectivity index (χ0) is 21.5. The first-order valence-corrected chi connectivity index (χ1v) is 9.58. The normalized spacial score (nSPS) is 10.7. The third-order valence-electron chi connectivity index (χ3n) is 3.93. The molecule has 1 aromatic heterocycles. The smallest absolute Gasteiger partial charge is 0.387 e. The van der Waals surface area contributed by atoms with Gasteiger partial charge < -0.3 is 14.8 Å². The van der Waals surface area contributed by atoms with Gasteiger partial charge in [0.05, 0.1) is 10.7 Å². The van der Waals surface area contributed by atoms with Crippen LogP contribution < -0.4 is 14.8 Å². The van der Waals surface area contributed by atoms with Crippen LogP contribution in [0.5, 0.6) is 17.4 Å². The summed E-state index contributed by atoms with van der Waals surface area (Å²) < 4.78 is 34.4. The Kier molecular flexibility index (Phi) is 7.43. The van der Waals surface area contributed by atoms with E-state index in [9.17, 15) is 13.6 Å². The molecule has 0 radical (unpaired) electrons. The largest absolute Gasteiger partial charge is 0.435 e. The summed E-state index contributed by atoms with van der Waals surface area (Å²) in [4.78, 5) is 16.4. The van der Waals surface area contributed by atoms with E-state index in [4.69, 9.17) is 27.9 Å². The van der Waals surface area contributed by atoms with Crippen molar-refractivity contribution >= 4 is 34.8 Å². The van der Waals surface area contributed by atoms with Crippen LogP contribution >= 0.6 is 23.2 Å². The van der Waals surface area contributed by atoms with E-state index in [1.807, 2.05) is 0 Å². The molecule has 0 saturated heterocycles. The van der Waals surface area contributed by atoms with Crippen molar-refractivity contribution < 1.29 is 23.0 Å². The van der Waals surface area contributed by atoms with Crippen molar-refractivity contribution in [2.75, 3.05) is 5.32 Å². The number of para-hydroxylation sites is 2. The van der Waals surface area contributed by atoms with E-state index in [-0.39, 0.29) is 29.0 Å². The first-order valence-electron chi connectivity index (χ1n) is 8.82. The number of hydrogen-bond acceptors (Lipinski definition) is 4. The fraction of sp³-hybridized carbons (Fsp3) is 0.143. The molecule has 0 aliphatic rings. The third-order valence-corrected chi connectivity index (χ3v) is 4.41. The number of rotatable bonds is 8. The molecule has 0 saturated carbocycles. The Morgan fingerprint density at radius 1 is 1.10 bits per heavy atom. The fourth-order valence-corrected chi connectivity index (χ4v) is 2.97. The van der Waals surface area contributed by atoms with Gasteiger partial charge in [-0.15, -0.1) is 0 Å². The molecular formula is C21H16Cl2F2N2O3. The van der Waals surface area contributed by atoms with Crippen LogP contribution in [0.1, 0.15) is 12.0 Å². The molecule has 30 heavy (non-hydrogen) atoms. The van der Waals surface area contributed by atoms with Crippen molar-refractivity contribution in [1.82, 2.24) is 4.98 Å². The van der Waals surface area contributed by atoms with Gasteiger partial charge in [-0.05, 0) is 42.3 Å². The number of benzene rings is 2. The summed E-state index contributed by atoms with van der Waals surface area (Å²) in [6, 6.07) is 14.5. The fourth-order valence-electron chi connectivity index (χ4n) is 2.55. The molecule has 0 aliphatic carbocycles. The SMILES string of the molecule is O=C(CCc1ccc(OC(F)F)cc1)Nc1ccccc1Oc1ncc(Cl)cc1Cl. The maximum atomic E-state index is 12.4. The number of halogens is 4. The number of anilines is 1. The van der Waals surface area contributed by atoms with Crippen LogP contribution in [0.25, 0.3) is 0 Å². The molecule has 0 atom stereocenters. The predicted octanol–water partition coefficient (Wildman–Crippen LogP) is 6.35. The number of ether oxygens (including phenoxy) is 2. The second-order valence-corrected chi connectivity index (χ2v) is 6.95. The second kappa shape index (κ2) is 10.2. The summed E-state index contributed by atoms with van der Waals surface area (Å²) in [6.45, 7) is -2.87. The molecule has 1 N–H and O–H groups in total. The molecule has 0 bridgehead atoms. The van der Waals surface area contributed by atoms with Crippen molar-refractivity contribution in [3.8, 4) is 17.4 Å². The summed E-state index contributed by atoms with van der Waals surface area (Å²) in [5, 5.41) is 3.40. The highest BCUT2D eigenvalue weighted by Gasteiger charge is 2.12. The Morgan fingerprint density at radius 3 is 2.53 bits per heavy atom. The molecule has 0 unspecified atom stereocenters. The highest BCUT2D eigenvalue weighted by Crippen LogP contribution is 2.33. The summed E-state index contributed by atoms with van der Waals surface area (Å²) >= 11 is 11.9. The van der Waals surface area contributed by atoms with Crippen molar-refractivity contribution in [1.29, 1.82) is 0 Å². The maximum Gasteiger partial charge on any atom is 0.387 e. The Labute approximate surface area is 181 Å². The number of hydrogen-bond donors (Lipinski definition) is 1. The van der Waals surface area contributed by atoms with Crippen LogP contribution in [0.3, 0.4) is 0 Å². The molecule has 0 aliphatic heterocycles. The number of nitrogens with zero attached hydrogens (tertiary/aromatic N) is 1. The van der Waals surface area contributed by atoms with Crippen molar-refractivity contribution in [2.45, 2.75) is 19.5 Å². The molecule has 1 amide bonds. The average molecular weight is 453 g/mol. The zero-order valence-electron chi connectivity index (χ0n) is 15.4. The second-order valence-electron chi connectivity index (χ2n) is 6.11. The zero-order valence-corrected chi connectivity index (χ0v) is 17.0. The standard InChI is InChI=1S/C21H16Cl2F2N2O3/c22-14-11-16(23)20(26-12-14)30-18-4-2-1-3-17(18)27-19(28)10-7-13-5-8-15(9-6-13)29-21(24)25/h1-6,8-9,11-12,21H,7,10H2,(H,27,28). The topological polar surface area (TPSA) is 60.5 Å². The lowest BCUT2D eigenvalue weighted by molar-refractivity contribution is -0.116. The monoisotopic (exact) mass is 452 g/mol. The minimum Gasteiger partial charge on any atom is -0.435 e. The van der Waals surface area contributed by atoms with Crippen LogP contribution in [0.2, 0.25) is 10.0 Å². The van der Waals surface area contributed by atoms with Crippen LogP contribution in [0, 0.1) is 0 Å². The third kappa shape index (κ3) is 6.30. The minimum atomic E-state index is -2.87. The Bertz CT molecular complexity index is 1020. The summed E-state index contributed by atoms with van der Waals surface area (Å²) in [5.74, 6) is 0.359. The first-order chi connectivity index (χ1) is 14.4. The summed E-state index contributed by atoms with van der Waals surface area (Å²) in [7, 11) is 0. The highest BCUT2D eigenvalue weighted by molar-refractivity contribution is 6.35. The quantitative estimate of drug-likeness (QED) is 0.432. The molecule has 156 valence electrons. The Morgan fingerprint density at radius 2 is 1.83 bits per heavy atom. The molecule has 3 aromatic rings. The van der Waals surface area contributed by atoms with E-state index in [2.05, 4.69) is 15.0 Å². The lowest BCUT2D eigenvalue weighted by atomic mass is 10.1. The van der Waals surface area contributed by atoms with Gasteiger partial charge in [0.25, 0.3) is 0 Å². The number of carbonyl (C=O) groups is 1. The first kappa shape index (κ1) is 21.8. The number of amides is 1. The number of aryl methyl sites for hydroxylation is 1. The molecule has 0 fully saturated rings. The van der Waals surface area contributed by atoms with Crippen molar-refractivity contribution in [3.05, 3.63) is 76.4 Å². The average Bonchev–Trinajstić information content (AvgIpc) is 2.70. The van der Waals surface area contributed by atoms with Gasteiger partial charge in [-0.1, -0.05) is 47.5 Å². The van der Waals surface area contributed by atoms with Gasteiger partial charge in [0.15, 0.2) is 5.75 Å². The van der Waals surface area contributed by atoms with Crippen molar-refractivity contribution in [3.63, 3.8) is 0 Å². The number of carbonyl (C=O) groups excluding carboxylic acids is 1. The Hall–Kier alpha value is -2.90. The number of nitrogens with one attached hydrogen (secondary N) is 1. The van der Waals surface area contributed by atoms with E-state index < -0.39 is 6.61 Å². The molecule has 5 nitrogen and oxygen atoms in total. The predicted molar refractivity (Wildman–Crippen MR) is 111 cm³/mol. The van der Waals surface area contributed by atoms with Gasteiger partial charge in [-0.3, -0.25) is 4.79 Å². The van der Waals surface area contributed by atoms with E-state index in [1.165, 1.54) is 24.4 Å². The maximum absolute atomic E-state index is 12.4. The van der Waals surface area contributed by atoms with E-state index in [0.717, 1.165) is 5.56 Å². The number of alkyl halides is 2. The van der Waals surface area contributed by atoms with Gasteiger partial charge in [-0.2, -0.15) is 8.78 Å². The number of pyridine rings is 1. The molecular weight excluding hydrogens is 437 g/mol. The van der Waals surface area contributed by atoms with Crippen LogP contribution in [-0.4, -0.2) is 17.5 Å². The molecule has 3 rings (SSSR count). The van der Waals surface area contributed by atoms with E-state index in [1.54, 1.807) is 36.4 Å². The number of aromatic nitrogens is 1. The minimum absolute atomic E-state index is 0.0683. The van der Waals surface area contributed by atoms with Gasteiger partial charge in [0.1, 0.15) is 10.8 Å². The lowest BCUT2D eigenvalue weighted by Gasteiger charge is -2.12. The summed E-state index contributed by atoms with van der Waals surface area (Å²) in [5.41, 5.74) is 1.27. The van der Waals surface area contributed by atoms with Crippen molar-refractivity contribution in [2.24, 2.45) is 0 Å². The molecule has 2 aromatic carbocycles. The van der Waals surface area contributed by atoms with E-state index >= 15 is 0 Å². The highest BCUT2D eigenvalue weighted by atomic mass is 35.5. The van der Waals surface area contributed by atoms with E-state index in [0.29, 0.717) is 22.9 Å². The molecule has 9 heteroatoms.